The van der Waals surface area contributed by atoms with Gasteiger partial charge in [-0.25, -0.2) is 0 Å². The molecule has 18 heavy (non-hydrogen) atoms. The Balaban J connectivity index is 4.60. The molecule has 1 N–H and O–H groups in total. The molecular formula is C11H22F3NO2Si. The van der Waals surface area contributed by atoms with E-state index in [4.69, 9.17) is 4.43 Å². The minimum absolute atomic E-state index is 0.133. The Hall–Kier alpha value is -0.563. The molecule has 1 amide bonds. The molecule has 0 spiro atoms. The zero-order chi connectivity index (χ0) is 14.8. The van der Waals surface area contributed by atoms with E-state index in [1.54, 1.807) is 0 Å². The first kappa shape index (κ1) is 17.4. The summed E-state index contributed by atoms with van der Waals surface area (Å²) >= 11 is 0. The van der Waals surface area contributed by atoms with E-state index in [9.17, 15) is 18.0 Å². The zero-order valence-electron chi connectivity index (χ0n) is 11.7. The second kappa shape index (κ2) is 5.60. The van der Waals surface area contributed by atoms with Crippen LogP contribution < -0.4 is 5.32 Å². The summed E-state index contributed by atoms with van der Waals surface area (Å²) < 4.78 is 42.1. The van der Waals surface area contributed by atoms with Crippen molar-refractivity contribution >= 4 is 14.2 Å². The van der Waals surface area contributed by atoms with E-state index < -0.39 is 26.5 Å². The molecule has 0 aromatic heterocycles. The predicted molar refractivity (Wildman–Crippen MR) is 66.7 cm³/mol. The van der Waals surface area contributed by atoms with Gasteiger partial charge in [-0.05, 0) is 25.1 Å². The van der Waals surface area contributed by atoms with Crippen molar-refractivity contribution in [1.82, 2.24) is 5.32 Å². The maximum absolute atomic E-state index is 12.1. The maximum atomic E-state index is 12.1. The number of amides is 1. The Morgan fingerprint density at radius 1 is 1.22 bits per heavy atom. The quantitative estimate of drug-likeness (QED) is 0.807. The first-order chi connectivity index (χ1) is 7.73. The number of halogens is 3. The van der Waals surface area contributed by atoms with E-state index in [-0.39, 0.29) is 12.0 Å². The second-order valence-corrected chi connectivity index (χ2v) is 10.8. The standard InChI is InChI=1S/C11H22F3NO2Si/c1-10(2,3)8(17-18(4,5)6)7-15-9(16)11(12,13)14/h8H,7H2,1-6H3,(H,15,16)/t8-/m0/s1. The molecule has 0 saturated heterocycles. The van der Waals surface area contributed by atoms with Crippen molar-refractivity contribution in [3.05, 3.63) is 0 Å². The van der Waals surface area contributed by atoms with E-state index in [0.29, 0.717) is 0 Å². The Labute approximate surface area is 107 Å². The first-order valence-corrected chi connectivity index (χ1v) is 9.17. The number of rotatable bonds is 4. The first-order valence-electron chi connectivity index (χ1n) is 5.76. The van der Waals surface area contributed by atoms with Crippen molar-refractivity contribution in [2.45, 2.75) is 52.7 Å². The van der Waals surface area contributed by atoms with Crippen molar-refractivity contribution in [1.29, 1.82) is 0 Å². The Kier molecular flexibility index (Phi) is 5.43. The molecule has 0 heterocycles. The lowest BCUT2D eigenvalue weighted by Crippen LogP contribution is -2.48. The maximum Gasteiger partial charge on any atom is 0.471 e. The predicted octanol–water partition coefficient (Wildman–Crippen LogP) is 2.93. The molecule has 0 aliphatic carbocycles. The summed E-state index contributed by atoms with van der Waals surface area (Å²) in [5.41, 5.74) is -0.334. The molecule has 0 radical (unpaired) electrons. The third-order valence-corrected chi connectivity index (χ3v) is 3.16. The summed E-state index contributed by atoms with van der Waals surface area (Å²) in [7, 11) is -1.88. The molecular weight excluding hydrogens is 263 g/mol. The Morgan fingerprint density at radius 2 is 1.67 bits per heavy atom. The molecule has 0 rings (SSSR count). The normalized spacial score (nSPS) is 15.4. The van der Waals surface area contributed by atoms with Gasteiger partial charge < -0.3 is 9.74 Å². The second-order valence-electron chi connectivity index (χ2n) is 6.29. The summed E-state index contributed by atoms with van der Waals surface area (Å²) in [6, 6.07) is 0. The van der Waals surface area contributed by atoms with Crippen LogP contribution in [0.25, 0.3) is 0 Å². The largest absolute Gasteiger partial charge is 0.471 e. The van der Waals surface area contributed by atoms with Gasteiger partial charge in [0.2, 0.25) is 0 Å². The third kappa shape index (κ3) is 7.00. The number of alkyl halides is 3. The molecule has 0 saturated carbocycles. The van der Waals surface area contributed by atoms with Crippen LogP contribution in [0.3, 0.4) is 0 Å². The molecule has 0 aromatic rings. The summed E-state index contributed by atoms with van der Waals surface area (Å²) in [6.45, 7) is 11.4. The van der Waals surface area contributed by atoms with Crippen molar-refractivity contribution in [2.75, 3.05) is 6.54 Å². The smallest absolute Gasteiger partial charge is 0.412 e. The fraction of sp³-hybridized carbons (Fsp3) is 0.909. The summed E-state index contributed by atoms with van der Waals surface area (Å²) in [6.07, 6.45) is -5.28. The molecule has 0 aliphatic heterocycles. The third-order valence-electron chi connectivity index (χ3n) is 2.17. The van der Waals surface area contributed by atoms with E-state index in [2.05, 4.69) is 0 Å². The molecule has 1 atom stereocenters. The molecule has 3 nitrogen and oxygen atoms in total. The lowest BCUT2D eigenvalue weighted by molar-refractivity contribution is -0.174. The van der Waals surface area contributed by atoms with Gasteiger partial charge in [0, 0.05) is 6.54 Å². The highest BCUT2D eigenvalue weighted by atomic mass is 28.4. The number of carbonyl (C=O) groups is 1. The molecule has 108 valence electrons. The highest BCUT2D eigenvalue weighted by Gasteiger charge is 2.40. The van der Waals surface area contributed by atoms with Gasteiger partial charge in [0.25, 0.3) is 0 Å². The van der Waals surface area contributed by atoms with Crippen molar-refractivity contribution in [3.8, 4) is 0 Å². The van der Waals surface area contributed by atoms with Gasteiger partial charge in [0.1, 0.15) is 0 Å². The zero-order valence-corrected chi connectivity index (χ0v) is 12.7. The van der Waals surface area contributed by atoms with Gasteiger partial charge in [0.05, 0.1) is 6.10 Å². The van der Waals surface area contributed by atoms with Crippen LogP contribution in [-0.4, -0.2) is 33.0 Å². The minimum atomic E-state index is -4.85. The van der Waals surface area contributed by atoms with Crippen LogP contribution in [0.4, 0.5) is 13.2 Å². The van der Waals surface area contributed by atoms with Crippen LogP contribution in [0, 0.1) is 5.41 Å². The number of hydrogen-bond donors (Lipinski definition) is 1. The summed E-state index contributed by atoms with van der Waals surface area (Å²) in [5.74, 6) is -1.92. The van der Waals surface area contributed by atoms with Crippen LogP contribution in [-0.2, 0) is 9.22 Å². The molecule has 0 fully saturated rings. The van der Waals surface area contributed by atoms with E-state index in [0.717, 1.165) is 0 Å². The molecule has 7 heteroatoms. The summed E-state index contributed by atoms with van der Waals surface area (Å²) in [4.78, 5) is 10.8. The lowest BCUT2D eigenvalue weighted by atomic mass is 9.89. The Bertz CT molecular complexity index is 292. The van der Waals surface area contributed by atoms with Gasteiger partial charge >= 0.3 is 12.1 Å². The molecule has 0 aromatic carbocycles. The SMILES string of the molecule is CC(C)(C)[C@H](CNC(=O)C(F)(F)F)O[Si](C)(C)C. The number of nitrogens with one attached hydrogen (secondary N) is 1. The van der Waals surface area contributed by atoms with Crippen molar-refractivity contribution < 1.29 is 22.4 Å². The average Bonchev–Trinajstić information content (AvgIpc) is 2.06. The fourth-order valence-corrected chi connectivity index (χ4v) is 2.53. The minimum Gasteiger partial charge on any atom is -0.412 e. The van der Waals surface area contributed by atoms with Crippen molar-refractivity contribution in [3.63, 3.8) is 0 Å². The Morgan fingerprint density at radius 3 is 1.94 bits per heavy atom. The van der Waals surface area contributed by atoms with E-state index in [1.165, 1.54) is 0 Å². The van der Waals surface area contributed by atoms with Crippen LogP contribution in [0.1, 0.15) is 20.8 Å². The highest BCUT2D eigenvalue weighted by Crippen LogP contribution is 2.25. The molecule has 0 aliphatic rings. The van der Waals surface area contributed by atoms with Crippen LogP contribution in [0.15, 0.2) is 0 Å². The van der Waals surface area contributed by atoms with Gasteiger partial charge in [0.15, 0.2) is 8.32 Å². The monoisotopic (exact) mass is 285 g/mol. The summed E-state index contributed by atoms with van der Waals surface area (Å²) in [5, 5.41) is 1.89. The highest BCUT2D eigenvalue weighted by molar-refractivity contribution is 6.69. The number of hydrogen-bond acceptors (Lipinski definition) is 2. The van der Waals surface area contributed by atoms with Gasteiger partial charge in [-0.3, -0.25) is 4.79 Å². The van der Waals surface area contributed by atoms with E-state index in [1.807, 2.05) is 45.7 Å². The van der Waals surface area contributed by atoms with Gasteiger partial charge in [-0.2, -0.15) is 13.2 Å². The fourth-order valence-electron chi connectivity index (χ4n) is 1.24. The van der Waals surface area contributed by atoms with Crippen LogP contribution >= 0.6 is 0 Å². The van der Waals surface area contributed by atoms with Crippen molar-refractivity contribution in [2.24, 2.45) is 5.41 Å². The lowest BCUT2D eigenvalue weighted by Gasteiger charge is -2.36. The molecule has 0 bridgehead atoms. The van der Waals surface area contributed by atoms with Gasteiger partial charge in [-0.1, -0.05) is 20.8 Å². The van der Waals surface area contributed by atoms with Crippen LogP contribution in [0.2, 0.25) is 19.6 Å². The topological polar surface area (TPSA) is 38.3 Å². The molecule has 0 unspecified atom stereocenters. The van der Waals surface area contributed by atoms with Gasteiger partial charge in [-0.15, -0.1) is 0 Å². The van der Waals surface area contributed by atoms with Crippen LogP contribution in [0.5, 0.6) is 0 Å². The average molecular weight is 285 g/mol. The number of carbonyl (C=O) groups excluding carboxylic acids is 1. The van der Waals surface area contributed by atoms with E-state index >= 15 is 0 Å².